The standard InChI is InChI=1S/C29H24Cl2N4O3/c1-17-7-11-21(12-8-17)32-27(36)16-35-28(37)25(33-29(35)38)14-23-18(2)34(26-6-4-3-5-22(23)26)15-19-9-10-20(30)13-24(19)31/h3-14H,15-16H2,1-2H3,(H,32,36)(H,33,38)/b25-14+. The molecule has 0 saturated carbocycles. The first-order valence-corrected chi connectivity index (χ1v) is 12.7. The third-order valence-corrected chi connectivity index (χ3v) is 7.10. The molecule has 5 rings (SSSR count). The molecule has 192 valence electrons. The van der Waals surface area contributed by atoms with Gasteiger partial charge in [-0.15, -0.1) is 0 Å². The largest absolute Gasteiger partial charge is 0.340 e. The van der Waals surface area contributed by atoms with Crippen LogP contribution in [0.15, 0.2) is 72.4 Å². The van der Waals surface area contributed by atoms with Crippen molar-refractivity contribution in [2.24, 2.45) is 0 Å². The number of anilines is 1. The first kappa shape index (κ1) is 25.6. The maximum Gasteiger partial charge on any atom is 0.329 e. The number of fused-ring (bicyclic) bond motifs is 1. The van der Waals surface area contributed by atoms with E-state index in [1.54, 1.807) is 30.3 Å². The van der Waals surface area contributed by atoms with Crippen LogP contribution in [0.3, 0.4) is 0 Å². The van der Waals surface area contributed by atoms with Gasteiger partial charge in [0.2, 0.25) is 5.91 Å². The Balaban J connectivity index is 1.42. The average Bonchev–Trinajstić information content (AvgIpc) is 3.30. The van der Waals surface area contributed by atoms with Gasteiger partial charge in [0.1, 0.15) is 12.2 Å². The molecule has 1 aliphatic heterocycles. The lowest BCUT2D eigenvalue weighted by Gasteiger charge is -2.12. The van der Waals surface area contributed by atoms with Gasteiger partial charge in [-0.3, -0.25) is 9.59 Å². The predicted molar refractivity (Wildman–Crippen MR) is 150 cm³/mol. The number of imide groups is 1. The quantitative estimate of drug-likeness (QED) is 0.225. The van der Waals surface area contributed by atoms with E-state index in [4.69, 9.17) is 23.2 Å². The number of aromatic nitrogens is 1. The van der Waals surface area contributed by atoms with Gasteiger partial charge in [0.25, 0.3) is 5.91 Å². The lowest BCUT2D eigenvalue weighted by molar-refractivity contribution is -0.127. The normalized spacial score (nSPS) is 14.4. The van der Waals surface area contributed by atoms with Crippen LogP contribution >= 0.6 is 23.2 Å². The lowest BCUT2D eigenvalue weighted by Crippen LogP contribution is -2.38. The van der Waals surface area contributed by atoms with Crippen LogP contribution in [0.5, 0.6) is 0 Å². The van der Waals surface area contributed by atoms with Gasteiger partial charge in [0.05, 0.1) is 0 Å². The van der Waals surface area contributed by atoms with Gasteiger partial charge in [0.15, 0.2) is 0 Å². The highest BCUT2D eigenvalue weighted by atomic mass is 35.5. The minimum Gasteiger partial charge on any atom is -0.340 e. The minimum atomic E-state index is -0.644. The summed E-state index contributed by atoms with van der Waals surface area (Å²) in [5.41, 5.74) is 5.29. The highest BCUT2D eigenvalue weighted by Gasteiger charge is 2.35. The Hall–Kier alpha value is -4.07. The molecular formula is C29H24Cl2N4O3. The van der Waals surface area contributed by atoms with Crippen LogP contribution in [0, 0.1) is 13.8 Å². The number of urea groups is 1. The Kier molecular flexibility index (Phi) is 6.97. The maximum absolute atomic E-state index is 13.1. The Morgan fingerprint density at radius 2 is 1.74 bits per heavy atom. The fraction of sp³-hybridized carbons (Fsp3) is 0.138. The Morgan fingerprint density at radius 3 is 2.47 bits per heavy atom. The van der Waals surface area contributed by atoms with E-state index < -0.39 is 24.4 Å². The summed E-state index contributed by atoms with van der Waals surface area (Å²) in [7, 11) is 0. The van der Waals surface area contributed by atoms with Crippen molar-refractivity contribution in [2.75, 3.05) is 11.9 Å². The number of nitrogens with zero attached hydrogens (tertiary/aromatic N) is 2. The molecule has 38 heavy (non-hydrogen) atoms. The number of benzene rings is 3. The second-order valence-corrected chi connectivity index (χ2v) is 9.98. The molecule has 4 amide bonds. The van der Waals surface area contributed by atoms with Crippen molar-refractivity contribution < 1.29 is 14.4 Å². The van der Waals surface area contributed by atoms with Crippen LogP contribution < -0.4 is 10.6 Å². The van der Waals surface area contributed by atoms with Crippen LogP contribution in [0.25, 0.3) is 17.0 Å². The van der Waals surface area contributed by atoms with E-state index in [-0.39, 0.29) is 5.70 Å². The smallest absolute Gasteiger partial charge is 0.329 e. The van der Waals surface area contributed by atoms with Crippen molar-refractivity contribution in [1.29, 1.82) is 0 Å². The molecule has 0 atom stereocenters. The van der Waals surface area contributed by atoms with Gasteiger partial charge in [-0.05, 0) is 55.8 Å². The molecule has 9 heteroatoms. The SMILES string of the molecule is Cc1ccc(NC(=O)CN2C(=O)N/C(=C/c3c(C)n(Cc4ccc(Cl)cc4Cl)c4ccccc34)C2=O)cc1. The van der Waals surface area contributed by atoms with Crippen LogP contribution in [-0.4, -0.2) is 33.9 Å². The maximum atomic E-state index is 13.1. The molecule has 4 aromatic rings. The second-order valence-electron chi connectivity index (χ2n) is 9.13. The van der Waals surface area contributed by atoms with Gasteiger partial charge >= 0.3 is 6.03 Å². The Labute approximate surface area is 229 Å². The van der Waals surface area contributed by atoms with E-state index in [0.717, 1.165) is 38.2 Å². The summed E-state index contributed by atoms with van der Waals surface area (Å²) in [6.07, 6.45) is 1.66. The molecule has 1 aromatic heterocycles. The number of para-hydroxylation sites is 1. The van der Waals surface area contributed by atoms with Gasteiger partial charge in [0, 0.05) is 44.4 Å². The molecule has 0 bridgehead atoms. The summed E-state index contributed by atoms with van der Waals surface area (Å²) in [5, 5.41) is 7.37. The van der Waals surface area contributed by atoms with Crippen molar-refractivity contribution in [3.8, 4) is 0 Å². The number of hydrogen-bond donors (Lipinski definition) is 2. The van der Waals surface area contributed by atoms with E-state index in [1.165, 1.54) is 0 Å². The van der Waals surface area contributed by atoms with Crippen molar-refractivity contribution in [2.45, 2.75) is 20.4 Å². The topological polar surface area (TPSA) is 83.4 Å². The van der Waals surface area contributed by atoms with Crippen LogP contribution in [0.2, 0.25) is 10.0 Å². The summed E-state index contributed by atoms with van der Waals surface area (Å²) in [6.45, 7) is 3.99. The summed E-state index contributed by atoms with van der Waals surface area (Å²) in [5.74, 6) is -1.03. The van der Waals surface area contributed by atoms with Gasteiger partial charge in [-0.1, -0.05) is 65.2 Å². The second kappa shape index (κ2) is 10.4. The zero-order valence-corrected chi connectivity index (χ0v) is 22.2. The van der Waals surface area contributed by atoms with Gasteiger partial charge in [-0.2, -0.15) is 0 Å². The summed E-state index contributed by atoms with van der Waals surface area (Å²) >= 11 is 12.5. The number of amides is 4. The minimum absolute atomic E-state index is 0.105. The van der Waals surface area contributed by atoms with Crippen molar-refractivity contribution >= 4 is 63.7 Å². The highest BCUT2D eigenvalue weighted by molar-refractivity contribution is 6.35. The number of aryl methyl sites for hydroxylation is 1. The average molecular weight is 547 g/mol. The van der Waals surface area contributed by atoms with Crippen molar-refractivity contribution in [1.82, 2.24) is 14.8 Å². The first-order valence-electron chi connectivity index (χ1n) is 11.9. The number of carbonyl (C=O) groups is 3. The van der Waals surface area contributed by atoms with Crippen LogP contribution in [0.4, 0.5) is 10.5 Å². The van der Waals surface area contributed by atoms with E-state index in [2.05, 4.69) is 15.2 Å². The highest BCUT2D eigenvalue weighted by Crippen LogP contribution is 2.31. The zero-order valence-electron chi connectivity index (χ0n) is 20.7. The van der Waals surface area contributed by atoms with Gasteiger partial charge in [-0.25, -0.2) is 9.69 Å². The van der Waals surface area contributed by atoms with Gasteiger partial charge < -0.3 is 15.2 Å². The van der Waals surface area contributed by atoms with Crippen LogP contribution in [0.1, 0.15) is 22.4 Å². The predicted octanol–water partition coefficient (Wildman–Crippen LogP) is 6.14. The van der Waals surface area contributed by atoms with Crippen molar-refractivity contribution in [3.05, 3.63) is 105 Å². The molecule has 0 spiro atoms. The van der Waals surface area contributed by atoms with Crippen molar-refractivity contribution in [3.63, 3.8) is 0 Å². The molecular weight excluding hydrogens is 523 g/mol. The molecule has 0 radical (unpaired) electrons. The molecule has 2 N–H and O–H groups in total. The Morgan fingerprint density at radius 1 is 1.00 bits per heavy atom. The molecule has 1 saturated heterocycles. The number of halogens is 2. The van der Waals surface area contributed by atoms with E-state index in [0.29, 0.717) is 22.3 Å². The fourth-order valence-electron chi connectivity index (χ4n) is 4.50. The molecule has 2 heterocycles. The number of nitrogens with one attached hydrogen (secondary N) is 2. The first-order chi connectivity index (χ1) is 18.2. The molecule has 1 aliphatic rings. The molecule has 3 aromatic carbocycles. The monoisotopic (exact) mass is 546 g/mol. The summed E-state index contributed by atoms with van der Waals surface area (Å²) in [6, 6.07) is 19.8. The molecule has 0 unspecified atom stereocenters. The summed E-state index contributed by atoms with van der Waals surface area (Å²) in [4.78, 5) is 39.2. The third kappa shape index (κ3) is 5.03. The third-order valence-electron chi connectivity index (χ3n) is 6.51. The molecule has 0 aliphatic carbocycles. The molecule has 7 nitrogen and oxygen atoms in total. The zero-order chi connectivity index (χ0) is 27.0. The summed E-state index contributed by atoms with van der Waals surface area (Å²) < 4.78 is 2.10. The Bertz CT molecular complexity index is 1620. The van der Waals surface area contributed by atoms with E-state index in [1.807, 2.05) is 56.3 Å². The number of rotatable bonds is 6. The fourth-order valence-corrected chi connectivity index (χ4v) is 4.97. The number of hydrogen-bond acceptors (Lipinski definition) is 3. The molecule has 1 fully saturated rings. The number of carbonyl (C=O) groups excluding carboxylic acids is 3. The lowest BCUT2D eigenvalue weighted by atomic mass is 10.1. The van der Waals surface area contributed by atoms with E-state index >= 15 is 0 Å². The van der Waals surface area contributed by atoms with E-state index in [9.17, 15) is 14.4 Å². The van der Waals surface area contributed by atoms with Crippen LogP contribution in [-0.2, 0) is 16.1 Å².